The van der Waals surface area contributed by atoms with Crippen LogP contribution in [0.2, 0.25) is 0 Å². The summed E-state index contributed by atoms with van der Waals surface area (Å²) in [4.78, 5) is 19.7. The quantitative estimate of drug-likeness (QED) is 0.670. The van der Waals surface area contributed by atoms with Crippen molar-refractivity contribution in [2.45, 2.75) is 52.0 Å². The van der Waals surface area contributed by atoms with Crippen molar-refractivity contribution in [2.24, 2.45) is 5.92 Å². The fraction of sp³-hybridized carbons (Fsp3) is 0.708. The zero-order valence-electron chi connectivity index (χ0n) is 18.6. The van der Waals surface area contributed by atoms with Gasteiger partial charge in [0, 0.05) is 38.6 Å². The number of hydrogen-bond acceptors (Lipinski definition) is 4. The fourth-order valence-electron chi connectivity index (χ4n) is 4.80. The van der Waals surface area contributed by atoms with Crippen LogP contribution < -0.4 is 4.74 Å². The second-order valence-corrected chi connectivity index (χ2v) is 8.70. The minimum absolute atomic E-state index is 0.368. The summed E-state index contributed by atoms with van der Waals surface area (Å²) in [7, 11) is 1.75. The molecular formula is C24H39N3O2. The van der Waals surface area contributed by atoms with Crippen LogP contribution in [0, 0.1) is 5.92 Å². The summed E-state index contributed by atoms with van der Waals surface area (Å²) in [5, 5.41) is 0. The Bertz CT molecular complexity index is 635. The normalized spacial score (nSPS) is 20.6. The van der Waals surface area contributed by atoms with Gasteiger partial charge in [-0.05, 0) is 69.8 Å². The molecule has 3 rings (SSSR count). The molecule has 2 aliphatic heterocycles. The summed E-state index contributed by atoms with van der Waals surface area (Å²) in [5.74, 6) is 2.06. The highest BCUT2D eigenvalue weighted by molar-refractivity contribution is 5.76. The van der Waals surface area contributed by atoms with E-state index >= 15 is 0 Å². The molecule has 5 nitrogen and oxygen atoms in total. The Kier molecular flexibility index (Phi) is 8.37. The lowest BCUT2D eigenvalue weighted by Gasteiger charge is -2.37. The molecular weight excluding hydrogens is 362 g/mol. The van der Waals surface area contributed by atoms with Crippen molar-refractivity contribution in [2.75, 3.05) is 52.9 Å². The van der Waals surface area contributed by atoms with Crippen molar-refractivity contribution in [1.82, 2.24) is 14.7 Å². The molecule has 2 saturated heterocycles. The van der Waals surface area contributed by atoms with E-state index in [0.29, 0.717) is 17.9 Å². The van der Waals surface area contributed by atoms with Crippen LogP contribution in [0.3, 0.4) is 0 Å². The van der Waals surface area contributed by atoms with Crippen molar-refractivity contribution < 1.29 is 9.53 Å². The number of rotatable bonds is 8. The van der Waals surface area contributed by atoms with Gasteiger partial charge in [-0.1, -0.05) is 25.1 Å². The highest BCUT2D eigenvalue weighted by Crippen LogP contribution is 2.26. The maximum atomic E-state index is 12.6. The molecule has 0 spiro atoms. The number of likely N-dealkylation sites (tertiary alicyclic amines) is 1. The molecule has 5 heteroatoms. The van der Waals surface area contributed by atoms with Gasteiger partial charge in [-0.3, -0.25) is 4.79 Å². The van der Waals surface area contributed by atoms with Crippen molar-refractivity contribution in [3.8, 4) is 5.75 Å². The molecule has 1 atom stereocenters. The topological polar surface area (TPSA) is 36.0 Å². The van der Waals surface area contributed by atoms with E-state index in [1.54, 1.807) is 7.11 Å². The van der Waals surface area contributed by atoms with Gasteiger partial charge >= 0.3 is 0 Å². The zero-order valence-corrected chi connectivity index (χ0v) is 18.6. The van der Waals surface area contributed by atoms with E-state index < -0.39 is 0 Å². The summed E-state index contributed by atoms with van der Waals surface area (Å²) >= 11 is 0. The second kappa shape index (κ2) is 11.0. The number of methoxy groups -OCH3 is 1. The third-order valence-corrected chi connectivity index (χ3v) is 6.92. The minimum atomic E-state index is 0.368. The number of benzene rings is 1. The molecule has 29 heavy (non-hydrogen) atoms. The van der Waals surface area contributed by atoms with Crippen molar-refractivity contribution in [3.05, 3.63) is 29.8 Å². The van der Waals surface area contributed by atoms with E-state index in [4.69, 9.17) is 4.74 Å². The SMILES string of the molecule is CCN1CCN(C(=O)CCC2CCN(C(C)Cc3ccccc3OC)CC2)CC1. The first-order valence-corrected chi connectivity index (χ1v) is 11.5. The Balaban J connectivity index is 1.37. The summed E-state index contributed by atoms with van der Waals surface area (Å²) in [5.41, 5.74) is 1.29. The molecule has 1 amide bonds. The monoisotopic (exact) mass is 401 g/mol. The molecule has 0 radical (unpaired) electrons. The third-order valence-electron chi connectivity index (χ3n) is 6.92. The standard InChI is InChI=1S/C24H39N3O2/c1-4-25-15-17-27(18-16-25)24(28)10-9-21-11-13-26(14-12-21)20(2)19-22-7-5-6-8-23(22)29-3/h5-8,20-21H,4,9-19H2,1-3H3. The number of piperazine rings is 1. The van der Waals surface area contributed by atoms with Crippen LogP contribution >= 0.6 is 0 Å². The number of hydrogen-bond donors (Lipinski definition) is 0. The molecule has 0 aromatic heterocycles. The van der Waals surface area contributed by atoms with Crippen LogP contribution in [0.25, 0.3) is 0 Å². The minimum Gasteiger partial charge on any atom is -0.496 e. The Hall–Kier alpha value is -1.59. The average Bonchev–Trinajstić information content (AvgIpc) is 2.78. The summed E-state index contributed by atoms with van der Waals surface area (Å²) < 4.78 is 5.51. The van der Waals surface area contributed by atoms with Gasteiger partial charge in [0.25, 0.3) is 0 Å². The van der Waals surface area contributed by atoms with Crippen LogP contribution in [0.4, 0.5) is 0 Å². The molecule has 2 fully saturated rings. The Morgan fingerprint density at radius 3 is 2.45 bits per heavy atom. The van der Waals surface area contributed by atoms with E-state index in [-0.39, 0.29) is 0 Å². The van der Waals surface area contributed by atoms with Crippen molar-refractivity contribution in [1.29, 1.82) is 0 Å². The van der Waals surface area contributed by atoms with E-state index in [0.717, 1.165) is 70.8 Å². The first kappa shape index (κ1) is 22.1. The van der Waals surface area contributed by atoms with E-state index in [9.17, 15) is 4.79 Å². The molecule has 162 valence electrons. The van der Waals surface area contributed by atoms with Gasteiger partial charge in [0.2, 0.25) is 5.91 Å². The predicted octanol–water partition coefficient (Wildman–Crippen LogP) is 3.28. The fourth-order valence-corrected chi connectivity index (χ4v) is 4.80. The van der Waals surface area contributed by atoms with Gasteiger partial charge in [-0.15, -0.1) is 0 Å². The summed E-state index contributed by atoms with van der Waals surface area (Å²) in [6, 6.07) is 8.87. The Morgan fingerprint density at radius 1 is 1.10 bits per heavy atom. The maximum Gasteiger partial charge on any atom is 0.222 e. The lowest BCUT2D eigenvalue weighted by molar-refractivity contribution is -0.133. The smallest absolute Gasteiger partial charge is 0.222 e. The van der Waals surface area contributed by atoms with Crippen LogP contribution in [0.5, 0.6) is 5.75 Å². The molecule has 1 aromatic rings. The molecule has 0 N–H and O–H groups in total. The van der Waals surface area contributed by atoms with Crippen LogP contribution in [-0.2, 0) is 11.2 Å². The van der Waals surface area contributed by atoms with E-state index in [1.165, 1.54) is 18.4 Å². The predicted molar refractivity (Wildman–Crippen MR) is 118 cm³/mol. The number of nitrogens with zero attached hydrogens (tertiary/aromatic N) is 3. The van der Waals surface area contributed by atoms with Gasteiger partial charge in [-0.25, -0.2) is 0 Å². The third kappa shape index (κ3) is 6.19. The number of ether oxygens (including phenoxy) is 1. The second-order valence-electron chi connectivity index (χ2n) is 8.70. The molecule has 2 aliphatic rings. The van der Waals surface area contributed by atoms with Gasteiger partial charge < -0.3 is 19.4 Å². The van der Waals surface area contributed by atoms with Gasteiger partial charge in [0.05, 0.1) is 7.11 Å². The number of amides is 1. The molecule has 0 aliphatic carbocycles. The van der Waals surface area contributed by atoms with Crippen molar-refractivity contribution in [3.63, 3.8) is 0 Å². The Morgan fingerprint density at radius 2 is 1.79 bits per heavy atom. The molecule has 0 saturated carbocycles. The van der Waals surface area contributed by atoms with Gasteiger partial charge in [-0.2, -0.15) is 0 Å². The largest absolute Gasteiger partial charge is 0.496 e. The Labute approximate surface area is 177 Å². The van der Waals surface area contributed by atoms with Gasteiger partial charge in [0.1, 0.15) is 5.75 Å². The number of carbonyl (C=O) groups excluding carboxylic acids is 1. The summed E-state index contributed by atoms with van der Waals surface area (Å²) in [6.45, 7) is 11.8. The lowest BCUT2D eigenvalue weighted by atomic mass is 9.90. The van der Waals surface area contributed by atoms with Crippen LogP contribution in [0.1, 0.15) is 45.1 Å². The van der Waals surface area contributed by atoms with Crippen LogP contribution in [-0.4, -0.2) is 79.6 Å². The van der Waals surface area contributed by atoms with Crippen molar-refractivity contribution >= 4 is 5.91 Å². The first-order valence-electron chi connectivity index (χ1n) is 11.5. The number of likely N-dealkylation sites (N-methyl/N-ethyl adjacent to an activating group) is 1. The molecule has 2 heterocycles. The van der Waals surface area contributed by atoms with Crippen LogP contribution in [0.15, 0.2) is 24.3 Å². The highest BCUT2D eigenvalue weighted by atomic mass is 16.5. The lowest BCUT2D eigenvalue weighted by Crippen LogP contribution is -2.48. The van der Waals surface area contributed by atoms with E-state index in [1.807, 2.05) is 12.1 Å². The number of para-hydroxylation sites is 1. The number of carbonyl (C=O) groups is 1. The molecule has 1 unspecified atom stereocenters. The molecule has 0 bridgehead atoms. The number of piperidine rings is 1. The zero-order chi connectivity index (χ0) is 20.6. The van der Waals surface area contributed by atoms with Gasteiger partial charge in [0.15, 0.2) is 0 Å². The van der Waals surface area contributed by atoms with E-state index in [2.05, 4.69) is 40.7 Å². The maximum absolute atomic E-state index is 12.6. The summed E-state index contributed by atoms with van der Waals surface area (Å²) in [6.07, 6.45) is 5.24. The average molecular weight is 402 g/mol. The highest BCUT2D eigenvalue weighted by Gasteiger charge is 2.25. The first-order chi connectivity index (χ1) is 14.1. The molecule has 1 aromatic carbocycles.